The van der Waals surface area contributed by atoms with Crippen LogP contribution in [0.1, 0.15) is 252 Å². The Morgan fingerprint density at radius 2 is 0.597 bits per heavy atom. The molecule has 0 saturated carbocycles. The van der Waals surface area contributed by atoms with Crippen molar-refractivity contribution < 1.29 is 28.6 Å². The third-order valence-corrected chi connectivity index (χ3v) is 11.6. The van der Waals surface area contributed by atoms with Crippen LogP contribution >= 0.6 is 0 Å². The lowest BCUT2D eigenvalue weighted by molar-refractivity contribution is -0.167. The summed E-state index contributed by atoms with van der Waals surface area (Å²) in [7, 11) is 0. The molecule has 0 spiro atoms. The number of carbonyl (C=O) groups excluding carboxylic acids is 3. The first-order valence-electron chi connectivity index (χ1n) is 27.7. The van der Waals surface area contributed by atoms with Crippen LogP contribution in [-0.2, 0) is 28.6 Å². The summed E-state index contributed by atoms with van der Waals surface area (Å²) >= 11 is 0. The first-order valence-corrected chi connectivity index (χ1v) is 27.7. The van der Waals surface area contributed by atoms with E-state index in [9.17, 15) is 14.4 Å². The van der Waals surface area contributed by atoms with E-state index in [1.165, 1.54) is 89.9 Å². The Morgan fingerprint density at radius 3 is 0.985 bits per heavy atom. The van der Waals surface area contributed by atoms with Crippen LogP contribution in [0.15, 0.2) is 97.2 Å². The van der Waals surface area contributed by atoms with Crippen LogP contribution in [0.2, 0.25) is 0 Å². The van der Waals surface area contributed by atoms with E-state index < -0.39 is 6.10 Å². The molecule has 0 saturated heterocycles. The summed E-state index contributed by atoms with van der Waals surface area (Å²) in [5, 5.41) is 0. The van der Waals surface area contributed by atoms with Crippen LogP contribution in [0.3, 0.4) is 0 Å². The van der Waals surface area contributed by atoms with Crippen LogP contribution in [0, 0.1) is 0 Å². The highest BCUT2D eigenvalue weighted by molar-refractivity contribution is 5.71. The largest absolute Gasteiger partial charge is 0.462 e. The monoisotopic (exact) mass is 931 g/mol. The minimum atomic E-state index is -0.802. The molecule has 1 unspecified atom stereocenters. The van der Waals surface area contributed by atoms with E-state index >= 15 is 0 Å². The summed E-state index contributed by atoms with van der Waals surface area (Å²) in [5.74, 6) is -0.954. The van der Waals surface area contributed by atoms with Gasteiger partial charge in [0.2, 0.25) is 0 Å². The summed E-state index contributed by atoms with van der Waals surface area (Å²) in [6, 6.07) is 0. The molecule has 0 aromatic heterocycles. The second-order valence-corrected chi connectivity index (χ2v) is 18.1. The highest BCUT2D eigenvalue weighted by Gasteiger charge is 2.19. The zero-order chi connectivity index (χ0) is 48.6. The van der Waals surface area contributed by atoms with Crippen LogP contribution < -0.4 is 0 Å². The standard InChI is InChI=1S/C61H102O6/c1-4-7-10-13-16-19-22-25-28-29-30-31-32-33-34-37-39-42-45-48-51-54-60(63)66-57-58(67-61(64)55-52-49-46-43-40-36-27-24-21-18-15-12-9-6-3)56-65-59(62)53-50-47-44-41-38-35-26-23-20-17-14-11-8-5-2/h7,10,15-16,18-19,24-25,27-28,30-31,33-34,39,42,58H,4-6,8-9,11-14,17,20-23,26,29,32,35-38,40-41,43-57H2,1-3H3/b10-7-,18-15-,19-16-,27-24-,28-25-,31-30-,34-33-,42-39-. The number of esters is 3. The quantitative estimate of drug-likeness (QED) is 0.0262. The molecule has 0 radical (unpaired) electrons. The molecule has 0 aliphatic carbocycles. The molecule has 6 nitrogen and oxygen atoms in total. The van der Waals surface area contributed by atoms with Gasteiger partial charge in [0.15, 0.2) is 6.10 Å². The van der Waals surface area contributed by atoms with Gasteiger partial charge in [-0.2, -0.15) is 0 Å². The Kier molecular flexibility index (Phi) is 51.9. The van der Waals surface area contributed by atoms with Gasteiger partial charge in [0, 0.05) is 19.3 Å². The Labute approximate surface area is 413 Å². The van der Waals surface area contributed by atoms with E-state index in [0.717, 1.165) is 122 Å². The number of rotatable bonds is 49. The lowest BCUT2D eigenvalue weighted by atomic mass is 10.0. The van der Waals surface area contributed by atoms with Gasteiger partial charge in [0.1, 0.15) is 13.2 Å². The molecular formula is C61H102O6. The molecule has 0 aromatic rings. The van der Waals surface area contributed by atoms with Gasteiger partial charge in [-0.15, -0.1) is 0 Å². The van der Waals surface area contributed by atoms with Gasteiger partial charge in [0.25, 0.3) is 0 Å². The van der Waals surface area contributed by atoms with Crippen molar-refractivity contribution in [2.45, 2.75) is 258 Å². The second-order valence-electron chi connectivity index (χ2n) is 18.1. The fourth-order valence-corrected chi connectivity index (χ4v) is 7.40. The molecule has 0 aliphatic heterocycles. The molecule has 6 heteroatoms. The normalized spacial score (nSPS) is 12.8. The smallest absolute Gasteiger partial charge is 0.306 e. The highest BCUT2D eigenvalue weighted by Crippen LogP contribution is 2.15. The fraction of sp³-hybridized carbons (Fsp3) is 0.689. The first-order chi connectivity index (χ1) is 33.0. The maximum atomic E-state index is 12.8. The molecule has 0 aliphatic rings. The van der Waals surface area contributed by atoms with Crippen LogP contribution in [0.25, 0.3) is 0 Å². The molecule has 0 rings (SSSR count). The van der Waals surface area contributed by atoms with E-state index in [4.69, 9.17) is 14.2 Å². The molecule has 0 fully saturated rings. The van der Waals surface area contributed by atoms with Crippen molar-refractivity contribution >= 4 is 17.9 Å². The van der Waals surface area contributed by atoms with Gasteiger partial charge in [-0.05, 0) is 96.3 Å². The number of carbonyl (C=O) groups is 3. The molecule has 382 valence electrons. The Morgan fingerprint density at radius 1 is 0.313 bits per heavy atom. The van der Waals surface area contributed by atoms with Gasteiger partial charge in [-0.1, -0.05) is 234 Å². The van der Waals surface area contributed by atoms with E-state index in [1.54, 1.807) is 0 Å². The van der Waals surface area contributed by atoms with E-state index in [-0.39, 0.29) is 31.1 Å². The maximum Gasteiger partial charge on any atom is 0.306 e. The number of ether oxygens (including phenoxy) is 3. The van der Waals surface area contributed by atoms with Gasteiger partial charge in [-0.3, -0.25) is 14.4 Å². The topological polar surface area (TPSA) is 78.9 Å². The summed E-state index contributed by atoms with van der Waals surface area (Å²) in [5.41, 5.74) is 0. The number of allylic oxidation sites excluding steroid dienone is 16. The Balaban J connectivity index is 4.47. The first kappa shape index (κ1) is 63.3. The van der Waals surface area contributed by atoms with Crippen molar-refractivity contribution in [3.05, 3.63) is 97.2 Å². The van der Waals surface area contributed by atoms with Crippen LogP contribution in [0.4, 0.5) is 0 Å². The van der Waals surface area contributed by atoms with E-state index in [0.29, 0.717) is 19.3 Å². The third-order valence-electron chi connectivity index (χ3n) is 11.6. The molecule has 1 atom stereocenters. The lowest BCUT2D eigenvalue weighted by Gasteiger charge is -2.18. The van der Waals surface area contributed by atoms with Gasteiger partial charge >= 0.3 is 17.9 Å². The average Bonchev–Trinajstić information content (AvgIpc) is 3.33. The van der Waals surface area contributed by atoms with Gasteiger partial charge < -0.3 is 14.2 Å². The summed E-state index contributed by atoms with van der Waals surface area (Å²) in [6.07, 6.45) is 72.5. The molecule has 67 heavy (non-hydrogen) atoms. The number of hydrogen-bond acceptors (Lipinski definition) is 6. The van der Waals surface area contributed by atoms with E-state index in [1.807, 2.05) is 0 Å². The highest BCUT2D eigenvalue weighted by atomic mass is 16.6. The minimum absolute atomic E-state index is 0.0960. The zero-order valence-corrected chi connectivity index (χ0v) is 43.6. The molecule has 0 N–H and O–H groups in total. The molecule has 0 amide bonds. The van der Waals surface area contributed by atoms with Crippen molar-refractivity contribution in [1.29, 1.82) is 0 Å². The summed E-state index contributed by atoms with van der Waals surface area (Å²) < 4.78 is 16.8. The van der Waals surface area contributed by atoms with Gasteiger partial charge in [-0.25, -0.2) is 0 Å². The lowest BCUT2D eigenvalue weighted by Crippen LogP contribution is -2.30. The Bertz CT molecular complexity index is 1350. The molecular weight excluding hydrogens is 829 g/mol. The van der Waals surface area contributed by atoms with Crippen molar-refractivity contribution in [2.75, 3.05) is 13.2 Å². The second kappa shape index (κ2) is 54.9. The predicted molar refractivity (Wildman–Crippen MR) is 288 cm³/mol. The maximum absolute atomic E-state index is 12.8. The van der Waals surface area contributed by atoms with Crippen molar-refractivity contribution in [1.82, 2.24) is 0 Å². The number of unbranched alkanes of at least 4 members (excludes halogenated alkanes) is 22. The molecule has 0 aromatic carbocycles. The van der Waals surface area contributed by atoms with Crippen molar-refractivity contribution in [2.24, 2.45) is 0 Å². The van der Waals surface area contributed by atoms with Crippen molar-refractivity contribution in [3.63, 3.8) is 0 Å². The van der Waals surface area contributed by atoms with Crippen LogP contribution in [-0.4, -0.2) is 37.2 Å². The van der Waals surface area contributed by atoms with E-state index in [2.05, 4.69) is 118 Å². The van der Waals surface area contributed by atoms with Crippen molar-refractivity contribution in [3.8, 4) is 0 Å². The SMILES string of the molecule is CC/C=C\C/C=C\C/C=C\C/C=C\C/C=C\C/C=C\CCCCC(=O)OCC(COC(=O)CCCCCCCCCCCCCCCC)OC(=O)CCCCCCC/C=C\C/C=C\CCCC. The summed E-state index contributed by atoms with van der Waals surface area (Å²) in [4.78, 5) is 38.1. The fourth-order valence-electron chi connectivity index (χ4n) is 7.40. The molecule has 0 heterocycles. The average molecular weight is 931 g/mol. The summed E-state index contributed by atoms with van der Waals surface area (Å²) in [6.45, 7) is 6.44. The minimum Gasteiger partial charge on any atom is -0.462 e. The Hall–Kier alpha value is -3.67. The zero-order valence-electron chi connectivity index (χ0n) is 43.6. The van der Waals surface area contributed by atoms with Crippen LogP contribution in [0.5, 0.6) is 0 Å². The predicted octanol–water partition coefficient (Wildman–Crippen LogP) is 18.5. The molecule has 0 bridgehead atoms. The van der Waals surface area contributed by atoms with Gasteiger partial charge in [0.05, 0.1) is 0 Å². The number of hydrogen-bond donors (Lipinski definition) is 0. The third kappa shape index (κ3) is 53.2.